The van der Waals surface area contributed by atoms with Crippen molar-refractivity contribution in [3.63, 3.8) is 0 Å². The zero-order valence-electron chi connectivity index (χ0n) is 17.6. The van der Waals surface area contributed by atoms with E-state index in [0.29, 0.717) is 12.1 Å². The molecular weight excluding hydrogens is 437 g/mol. The second-order valence-electron chi connectivity index (χ2n) is 7.50. The molecule has 3 aromatic carbocycles. The molecule has 0 N–H and O–H groups in total. The first-order chi connectivity index (χ1) is 13.6. The summed E-state index contributed by atoms with van der Waals surface area (Å²) in [5, 5.41) is 3.90. The molecule has 0 heterocycles. The molecule has 0 radical (unpaired) electrons. The van der Waals surface area contributed by atoms with Crippen molar-refractivity contribution in [3.05, 3.63) is 91.0 Å². The minimum atomic E-state index is -2.09. The smallest absolute Gasteiger partial charge is 0.191 e. The summed E-state index contributed by atoms with van der Waals surface area (Å²) in [5.74, 6) is 0. The number of benzene rings is 3. The van der Waals surface area contributed by atoms with Crippen molar-refractivity contribution in [2.24, 2.45) is 0 Å². The molecule has 0 saturated carbocycles. The van der Waals surface area contributed by atoms with Gasteiger partial charge in [0.1, 0.15) is 21.6 Å². The Balaban J connectivity index is 0.00000300. The SMILES string of the molecule is CC(C)N(C#C[P+](c1ccccc1)(c1ccccc1)c1ccccc1)C(C)C.[Br-]. The Morgan fingerprint density at radius 3 is 1.17 bits per heavy atom. The van der Waals surface area contributed by atoms with E-state index in [-0.39, 0.29) is 17.0 Å². The molecule has 1 nitrogen and oxygen atoms in total. The van der Waals surface area contributed by atoms with Gasteiger partial charge in [0, 0.05) is 12.1 Å². The second-order valence-corrected chi connectivity index (χ2v) is 10.6. The van der Waals surface area contributed by atoms with Gasteiger partial charge in [-0.05, 0) is 64.1 Å². The minimum Gasteiger partial charge on any atom is -1.00 e. The highest BCUT2D eigenvalue weighted by atomic mass is 79.9. The topological polar surface area (TPSA) is 3.24 Å². The lowest BCUT2D eigenvalue weighted by Gasteiger charge is -2.27. The van der Waals surface area contributed by atoms with Gasteiger partial charge in [-0.1, -0.05) is 54.6 Å². The van der Waals surface area contributed by atoms with Crippen LogP contribution in [0.4, 0.5) is 0 Å². The zero-order chi connectivity index (χ0) is 20.0. The van der Waals surface area contributed by atoms with Crippen LogP contribution in [0, 0.1) is 11.7 Å². The molecule has 0 saturated heterocycles. The standard InChI is InChI=1S/C26H29NP.BrH/c1-22(2)27(23(3)4)20-21-28(24-14-8-5-9-15-24,25-16-10-6-11-17-25)26-18-12-7-13-19-26;/h5-19,22-23H,1-4H3;1H/q+1;/p-1. The molecule has 0 bridgehead atoms. The summed E-state index contributed by atoms with van der Waals surface area (Å²) in [4.78, 5) is 2.27. The van der Waals surface area contributed by atoms with Crippen LogP contribution in [-0.2, 0) is 0 Å². The maximum absolute atomic E-state index is 3.83. The first-order valence-electron chi connectivity index (χ1n) is 9.93. The molecule has 3 rings (SSSR count). The summed E-state index contributed by atoms with van der Waals surface area (Å²) >= 11 is 0. The van der Waals surface area contributed by atoms with E-state index in [2.05, 4.69) is 135 Å². The summed E-state index contributed by atoms with van der Waals surface area (Å²) in [5.41, 5.74) is 3.83. The van der Waals surface area contributed by atoms with E-state index in [1.165, 1.54) is 15.9 Å². The fraction of sp³-hybridized carbons (Fsp3) is 0.231. The third-order valence-electron chi connectivity index (χ3n) is 4.89. The van der Waals surface area contributed by atoms with Crippen molar-refractivity contribution in [2.75, 3.05) is 0 Å². The fourth-order valence-corrected chi connectivity index (χ4v) is 6.99. The van der Waals surface area contributed by atoms with Crippen molar-refractivity contribution >= 4 is 23.2 Å². The van der Waals surface area contributed by atoms with Crippen LogP contribution in [0.15, 0.2) is 91.0 Å². The van der Waals surface area contributed by atoms with Gasteiger partial charge in [0.25, 0.3) is 0 Å². The van der Waals surface area contributed by atoms with E-state index in [0.717, 1.165) is 0 Å². The fourth-order valence-electron chi connectivity index (χ4n) is 3.58. The average molecular weight is 466 g/mol. The Kier molecular flexibility index (Phi) is 8.51. The predicted octanol–water partition coefficient (Wildman–Crippen LogP) is 2.02. The first-order valence-corrected chi connectivity index (χ1v) is 11.7. The van der Waals surface area contributed by atoms with Crippen molar-refractivity contribution in [2.45, 2.75) is 39.8 Å². The van der Waals surface area contributed by atoms with Crippen LogP contribution in [0.2, 0.25) is 0 Å². The minimum absolute atomic E-state index is 0. The van der Waals surface area contributed by atoms with Crippen LogP contribution < -0.4 is 32.9 Å². The summed E-state index contributed by atoms with van der Waals surface area (Å²) in [6.45, 7) is 8.84. The van der Waals surface area contributed by atoms with Gasteiger partial charge in [0.05, 0.1) is 6.04 Å². The van der Waals surface area contributed by atoms with Gasteiger partial charge in [0.15, 0.2) is 7.26 Å². The highest BCUT2D eigenvalue weighted by molar-refractivity contribution is 7.99. The van der Waals surface area contributed by atoms with Gasteiger partial charge >= 0.3 is 0 Å². The van der Waals surface area contributed by atoms with Crippen molar-refractivity contribution in [1.29, 1.82) is 0 Å². The molecule has 0 fully saturated rings. The number of nitrogens with zero attached hydrogens (tertiary/aromatic N) is 1. The van der Waals surface area contributed by atoms with Gasteiger partial charge in [-0.2, -0.15) is 0 Å². The van der Waals surface area contributed by atoms with Gasteiger partial charge in [-0.3, -0.25) is 0 Å². The third-order valence-corrected chi connectivity index (χ3v) is 8.54. The summed E-state index contributed by atoms with van der Waals surface area (Å²) < 4.78 is 0. The highest BCUT2D eigenvalue weighted by Crippen LogP contribution is 2.54. The largest absolute Gasteiger partial charge is 1.00 e. The Hall–Kier alpha value is -2.07. The predicted molar refractivity (Wildman–Crippen MR) is 125 cm³/mol. The summed E-state index contributed by atoms with van der Waals surface area (Å²) in [7, 11) is -2.09. The van der Waals surface area contributed by atoms with Crippen LogP contribution >= 0.6 is 7.26 Å². The van der Waals surface area contributed by atoms with Gasteiger partial charge in [-0.15, -0.1) is 0 Å². The molecule has 150 valence electrons. The molecule has 0 aliphatic carbocycles. The van der Waals surface area contributed by atoms with Crippen LogP contribution in [0.1, 0.15) is 27.7 Å². The van der Waals surface area contributed by atoms with Crippen LogP contribution in [-0.4, -0.2) is 17.0 Å². The van der Waals surface area contributed by atoms with Crippen molar-refractivity contribution in [3.8, 4) is 11.7 Å². The van der Waals surface area contributed by atoms with E-state index in [1.807, 2.05) is 0 Å². The number of hydrogen-bond donors (Lipinski definition) is 0. The molecular formula is C26H29BrNP. The Morgan fingerprint density at radius 2 is 0.897 bits per heavy atom. The molecule has 0 amide bonds. The molecule has 0 aliphatic heterocycles. The third kappa shape index (κ3) is 5.11. The number of hydrogen-bond acceptors (Lipinski definition) is 1. The maximum Gasteiger partial charge on any atom is 0.191 e. The molecule has 3 aromatic rings. The maximum atomic E-state index is 3.83. The molecule has 0 spiro atoms. The van der Waals surface area contributed by atoms with E-state index >= 15 is 0 Å². The Labute approximate surface area is 187 Å². The quantitative estimate of drug-likeness (QED) is 0.316. The lowest BCUT2D eigenvalue weighted by atomic mass is 10.2. The summed E-state index contributed by atoms with van der Waals surface area (Å²) in [6.07, 6.45) is 0. The molecule has 0 aliphatic rings. The summed E-state index contributed by atoms with van der Waals surface area (Å²) in [6, 6.07) is 36.7. The molecule has 29 heavy (non-hydrogen) atoms. The molecule has 0 aromatic heterocycles. The lowest BCUT2D eigenvalue weighted by Crippen LogP contribution is -3.00. The number of halogens is 1. The molecule has 3 heteroatoms. The van der Waals surface area contributed by atoms with Crippen LogP contribution in [0.25, 0.3) is 0 Å². The Morgan fingerprint density at radius 1 is 0.586 bits per heavy atom. The van der Waals surface area contributed by atoms with E-state index < -0.39 is 7.26 Å². The highest BCUT2D eigenvalue weighted by Gasteiger charge is 2.45. The van der Waals surface area contributed by atoms with Crippen LogP contribution in [0.5, 0.6) is 0 Å². The first kappa shape index (κ1) is 23.2. The lowest BCUT2D eigenvalue weighted by molar-refractivity contribution is -0.00000620. The second kappa shape index (κ2) is 10.6. The average Bonchev–Trinajstić information content (AvgIpc) is 2.73. The van der Waals surface area contributed by atoms with Crippen molar-refractivity contribution < 1.29 is 17.0 Å². The molecule has 0 atom stereocenters. The Bertz CT molecular complexity index is 823. The van der Waals surface area contributed by atoms with Gasteiger partial charge in [0.2, 0.25) is 0 Å². The van der Waals surface area contributed by atoms with E-state index in [4.69, 9.17) is 0 Å². The van der Waals surface area contributed by atoms with Crippen LogP contribution in [0.3, 0.4) is 0 Å². The zero-order valence-corrected chi connectivity index (χ0v) is 20.1. The molecule has 0 unspecified atom stereocenters. The van der Waals surface area contributed by atoms with E-state index in [9.17, 15) is 0 Å². The van der Waals surface area contributed by atoms with Crippen molar-refractivity contribution in [1.82, 2.24) is 4.90 Å². The van der Waals surface area contributed by atoms with Gasteiger partial charge < -0.3 is 21.9 Å². The van der Waals surface area contributed by atoms with Gasteiger partial charge in [-0.25, -0.2) is 0 Å². The number of rotatable bonds is 5. The monoisotopic (exact) mass is 465 g/mol. The normalized spacial score (nSPS) is 10.8. The van der Waals surface area contributed by atoms with E-state index in [1.54, 1.807) is 0 Å².